The Hall–Kier alpha value is -3.20. The number of anilines is 1. The summed E-state index contributed by atoms with van der Waals surface area (Å²) in [5.74, 6) is -0.0818. The number of carbonyl (C=O) groups excluding carboxylic acids is 2. The summed E-state index contributed by atoms with van der Waals surface area (Å²) in [4.78, 5) is 24.6. The van der Waals surface area contributed by atoms with E-state index in [-0.39, 0.29) is 24.1 Å². The Morgan fingerprint density at radius 1 is 1.06 bits per heavy atom. The van der Waals surface area contributed by atoms with E-state index in [1.54, 1.807) is 0 Å². The lowest BCUT2D eigenvalue weighted by Gasteiger charge is -2.11. The van der Waals surface area contributed by atoms with Gasteiger partial charge in [-0.1, -0.05) is 30.0 Å². The Morgan fingerprint density at radius 3 is 2.39 bits per heavy atom. The molecule has 0 unspecified atom stereocenters. The lowest BCUT2D eigenvalue weighted by molar-refractivity contribution is -0.113. The number of halogens is 1. The van der Waals surface area contributed by atoms with Crippen molar-refractivity contribution in [3.8, 4) is 0 Å². The molecule has 0 radical (unpaired) electrons. The Balaban J connectivity index is 1.58. The highest BCUT2D eigenvalue weighted by Gasteiger charge is 2.15. The van der Waals surface area contributed by atoms with Crippen LogP contribution in [0, 0.1) is 19.7 Å². The molecule has 0 bridgehead atoms. The molecule has 31 heavy (non-hydrogen) atoms. The number of hydrogen-bond acceptors (Lipinski definition) is 5. The van der Waals surface area contributed by atoms with E-state index in [2.05, 4.69) is 20.8 Å². The van der Waals surface area contributed by atoms with Crippen molar-refractivity contribution in [1.82, 2.24) is 20.1 Å². The maximum atomic E-state index is 13.0. The Morgan fingerprint density at radius 2 is 1.74 bits per heavy atom. The fraction of sp³-hybridized carbons (Fsp3) is 0.273. The molecule has 7 nitrogen and oxygen atoms in total. The van der Waals surface area contributed by atoms with Crippen LogP contribution in [0.5, 0.6) is 0 Å². The van der Waals surface area contributed by atoms with E-state index in [4.69, 9.17) is 0 Å². The molecule has 3 aromatic rings. The summed E-state index contributed by atoms with van der Waals surface area (Å²) in [6, 6.07) is 11.2. The van der Waals surface area contributed by atoms with Crippen LogP contribution in [0.25, 0.3) is 0 Å². The first-order valence-electron chi connectivity index (χ1n) is 9.83. The van der Waals surface area contributed by atoms with Gasteiger partial charge >= 0.3 is 0 Å². The normalized spacial score (nSPS) is 10.7. The van der Waals surface area contributed by atoms with Gasteiger partial charge in [0.05, 0.1) is 12.3 Å². The zero-order valence-corrected chi connectivity index (χ0v) is 18.4. The van der Waals surface area contributed by atoms with E-state index in [0.29, 0.717) is 23.1 Å². The molecule has 3 rings (SSSR count). The zero-order valence-electron chi connectivity index (χ0n) is 17.6. The Labute approximate surface area is 184 Å². The van der Waals surface area contributed by atoms with Gasteiger partial charge in [0.25, 0.3) is 5.91 Å². The summed E-state index contributed by atoms with van der Waals surface area (Å²) in [7, 11) is 0. The second-order valence-electron chi connectivity index (χ2n) is 6.94. The summed E-state index contributed by atoms with van der Waals surface area (Å²) in [5, 5.41) is 14.6. The first kappa shape index (κ1) is 22.5. The number of nitrogens with one attached hydrogen (secondary N) is 2. The largest absolute Gasteiger partial charge is 0.345 e. The van der Waals surface area contributed by atoms with Gasteiger partial charge in [-0.2, -0.15) is 0 Å². The van der Waals surface area contributed by atoms with E-state index in [9.17, 15) is 14.0 Å². The third kappa shape index (κ3) is 5.69. The standard InChI is InChI=1S/C22H24FN5O2S/c1-4-28-18(12-24-21(30)16-8-10-17(23)11-9-16)26-27-22(28)31-13-19(29)25-20-14(2)6-5-7-15(20)3/h5-11H,4,12-13H2,1-3H3,(H,24,30)(H,25,29). The minimum Gasteiger partial charge on any atom is -0.345 e. The van der Waals surface area contributed by atoms with Crippen molar-refractivity contribution >= 4 is 29.3 Å². The Kier molecular flexibility index (Phi) is 7.41. The van der Waals surface area contributed by atoms with Gasteiger partial charge in [-0.25, -0.2) is 4.39 Å². The second kappa shape index (κ2) is 10.2. The van der Waals surface area contributed by atoms with Crippen LogP contribution in [0.3, 0.4) is 0 Å². The molecule has 0 aliphatic rings. The highest BCUT2D eigenvalue weighted by atomic mass is 32.2. The van der Waals surface area contributed by atoms with Crippen LogP contribution >= 0.6 is 11.8 Å². The monoisotopic (exact) mass is 441 g/mol. The van der Waals surface area contributed by atoms with E-state index >= 15 is 0 Å². The predicted molar refractivity (Wildman–Crippen MR) is 119 cm³/mol. The molecule has 1 heterocycles. The first-order chi connectivity index (χ1) is 14.9. The molecule has 2 aromatic carbocycles. The topological polar surface area (TPSA) is 88.9 Å². The van der Waals surface area contributed by atoms with E-state index in [0.717, 1.165) is 16.8 Å². The number of benzene rings is 2. The third-order valence-corrected chi connectivity index (χ3v) is 5.67. The Bertz CT molecular complexity index is 1060. The van der Waals surface area contributed by atoms with Crippen LogP contribution < -0.4 is 10.6 Å². The average Bonchev–Trinajstić information content (AvgIpc) is 3.15. The molecule has 2 N–H and O–H groups in total. The van der Waals surface area contributed by atoms with Crippen molar-refractivity contribution in [3.63, 3.8) is 0 Å². The van der Waals surface area contributed by atoms with Crippen LogP contribution in [-0.2, 0) is 17.9 Å². The van der Waals surface area contributed by atoms with Gasteiger partial charge in [0.2, 0.25) is 5.91 Å². The van der Waals surface area contributed by atoms with Gasteiger partial charge in [0, 0.05) is 17.8 Å². The van der Waals surface area contributed by atoms with Gasteiger partial charge in [-0.3, -0.25) is 9.59 Å². The summed E-state index contributed by atoms with van der Waals surface area (Å²) in [6.45, 7) is 6.61. The van der Waals surface area contributed by atoms with Crippen LogP contribution in [0.15, 0.2) is 47.6 Å². The molecule has 1 aromatic heterocycles. The molecular weight excluding hydrogens is 417 g/mol. The van der Waals surface area contributed by atoms with Crippen LogP contribution in [0.1, 0.15) is 34.2 Å². The van der Waals surface area contributed by atoms with Crippen molar-refractivity contribution in [2.75, 3.05) is 11.1 Å². The number of thioether (sulfide) groups is 1. The lowest BCUT2D eigenvalue weighted by Crippen LogP contribution is -2.24. The number of hydrogen-bond donors (Lipinski definition) is 2. The van der Waals surface area contributed by atoms with Gasteiger partial charge in [-0.15, -0.1) is 10.2 Å². The molecule has 0 saturated heterocycles. The SMILES string of the molecule is CCn1c(CNC(=O)c2ccc(F)cc2)nnc1SCC(=O)Nc1c(C)cccc1C. The fourth-order valence-corrected chi connectivity index (χ4v) is 3.88. The molecule has 9 heteroatoms. The van der Waals surface area contributed by atoms with Crippen molar-refractivity contribution in [3.05, 3.63) is 70.8 Å². The number of rotatable bonds is 8. The number of para-hydroxylation sites is 1. The van der Waals surface area contributed by atoms with Crippen molar-refractivity contribution < 1.29 is 14.0 Å². The maximum Gasteiger partial charge on any atom is 0.251 e. The van der Waals surface area contributed by atoms with E-state index in [1.807, 2.05) is 43.5 Å². The molecule has 162 valence electrons. The second-order valence-corrected chi connectivity index (χ2v) is 7.88. The number of aryl methyl sites for hydroxylation is 2. The third-order valence-electron chi connectivity index (χ3n) is 4.70. The first-order valence-corrected chi connectivity index (χ1v) is 10.8. The van der Waals surface area contributed by atoms with Crippen LogP contribution in [-0.4, -0.2) is 32.3 Å². The molecule has 0 spiro atoms. The van der Waals surface area contributed by atoms with E-state index in [1.165, 1.54) is 36.0 Å². The molecule has 0 fully saturated rings. The highest BCUT2D eigenvalue weighted by molar-refractivity contribution is 7.99. The van der Waals surface area contributed by atoms with Crippen molar-refractivity contribution in [2.24, 2.45) is 0 Å². The summed E-state index contributed by atoms with van der Waals surface area (Å²) < 4.78 is 14.9. The number of carbonyl (C=O) groups is 2. The summed E-state index contributed by atoms with van der Waals surface area (Å²) >= 11 is 1.29. The average molecular weight is 442 g/mol. The van der Waals surface area contributed by atoms with Crippen LogP contribution in [0.2, 0.25) is 0 Å². The summed E-state index contributed by atoms with van der Waals surface area (Å²) in [6.07, 6.45) is 0. The minimum absolute atomic E-state index is 0.126. The van der Waals surface area contributed by atoms with Gasteiger partial charge in [0.15, 0.2) is 11.0 Å². The number of nitrogens with zero attached hydrogens (tertiary/aromatic N) is 3. The maximum absolute atomic E-state index is 13.0. The van der Waals surface area contributed by atoms with Crippen molar-refractivity contribution in [2.45, 2.75) is 39.0 Å². The van der Waals surface area contributed by atoms with Gasteiger partial charge < -0.3 is 15.2 Å². The predicted octanol–water partition coefficient (Wildman–Crippen LogP) is 3.71. The molecule has 0 aliphatic heterocycles. The van der Waals surface area contributed by atoms with Gasteiger partial charge in [0.1, 0.15) is 5.82 Å². The summed E-state index contributed by atoms with van der Waals surface area (Å²) in [5.41, 5.74) is 3.21. The zero-order chi connectivity index (χ0) is 22.4. The number of aromatic nitrogens is 3. The van der Waals surface area contributed by atoms with Crippen LogP contribution in [0.4, 0.5) is 10.1 Å². The minimum atomic E-state index is -0.398. The van der Waals surface area contributed by atoms with Gasteiger partial charge in [-0.05, 0) is 56.2 Å². The quantitative estimate of drug-likeness (QED) is 0.520. The smallest absolute Gasteiger partial charge is 0.251 e. The molecule has 0 aliphatic carbocycles. The number of amides is 2. The lowest BCUT2D eigenvalue weighted by atomic mass is 10.1. The van der Waals surface area contributed by atoms with E-state index < -0.39 is 5.82 Å². The molecule has 0 saturated carbocycles. The molecule has 0 atom stereocenters. The highest BCUT2D eigenvalue weighted by Crippen LogP contribution is 2.21. The van der Waals surface area contributed by atoms with Crippen molar-refractivity contribution in [1.29, 1.82) is 0 Å². The molecule has 2 amide bonds. The fourth-order valence-electron chi connectivity index (χ4n) is 3.05. The molecular formula is C22H24FN5O2S.